The molecule has 1 aromatic rings. The van der Waals surface area contributed by atoms with E-state index in [4.69, 9.17) is 0 Å². The molecule has 0 fully saturated rings. The Morgan fingerprint density at radius 2 is 2.22 bits per heavy atom. The van der Waals surface area contributed by atoms with Gasteiger partial charge >= 0.3 is 0 Å². The summed E-state index contributed by atoms with van der Waals surface area (Å²) in [4.78, 5) is 13.4. The standard InChI is InChI=1S/C15H23NOS/c1-5-16-14(17)12-9-18-13-8-10(15(2,3)4)6-7-11(12)13/h9-10H,5-8H2,1-4H3,(H,16,17). The van der Waals surface area contributed by atoms with Crippen LogP contribution >= 0.6 is 11.3 Å². The number of rotatable bonds is 2. The van der Waals surface area contributed by atoms with Crippen LogP contribution in [-0.2, 0) is 12.8 Å². The Bertz CT molecular complexity index is 442. The first-order valence-corrected chi connectivity index (χ1v) is 7.69. The third kappa shape index (κ3) is 2.61. The Hall–Kier alpha value is -0.830. The van der Waals surface area contributed by atoms with Crippen LogP contribution in [0.2, 0.25) is 0 Å². The fourth-order valence-electron chi connectivity index (χ4n) is 2.70. The molecular weight excluding hydrogens is 242 g/mol. The lowest BCUT2D eigenvalue weighted by Gasteiger charge is -2.34. The van der Waals surface area contributed by atoms with Crippen molar-refractivity contribution in [2.75, 3.05) is 6.54 Å². The fraction of sp³-hybridized carbons (Fsp3) is 0.667. The molecule has 0 radical (unpaired) electrons. The van der Waals surface area contributed by atoms with E-state index in [-0.39, 0.29) is 5.91 Å². The van der Waals surface area contributed by atoms with Gasteiger partial charge in [0.05, 0.1) is 5.56 Å². The zero-order valence-corrected chi connectivity index (χ0v) is 12.6. The first kappa shape index (κ1) is 13.6. The highest BCUT2D eigenvalue weighted by Crippen LogP contribution is 2.40. The van der Waals surface area contributed by atoms with Gasteiger partial charge in [0.25, 0.3) is 5.91 Å². The molecule has 2 nitrogen and oxygen atoms in total. The van der Waals surface area contributed by atoms with Crippen LogP contribution in [0.1, 0.15) is 54.9 Å². The largest absolute Gasteiger partial charge is 0.352 e. The van der Waals surface area contributed by atoms with E-state index in [2.05, 4.69) is 26.1 Å². The average Bonchev–Trinajstić information content (AvgIpc) is 2.70. The highest BCUT2D eigenvalue weighted by Gasteiger charge is 2.31. The van der Waals surface area contributed by atoms with Gasteiger partial charge in [-0.25, -0.2) is 0 Å². The molecule has 1 atom stereocenters. The summed E-state index contributed by atoms with van der Waals surface area (Å²) < 4.78 is 0. The SMILES string of the molecule is CCNC(=O)c1csc2c1CCC(C(C)(C)C)C2. The minimum atomic E-state index is 0.101. The van der Waals surface area contributed by atoms with Crippen LogP contribution in [0.25, 0.3) is 0 Å². The molecule has 1 N–H and O–H groups in total. The Morgan fingerprint density at radius 3 is 2.83 bits per heavy atom. The quantitative estimate of drug-likeness (QED) is 0.869. The number of carbonyl (C=O) groups is 1. The van der Waals surface area contributed by atoms with Crippen LogP contribution in [0.4, 0.5) is 0 Å². The normalized spacial score (nSPS) is 19.4. The molecule has 1 unspecified atom stereocenters. The van der Waals surface area contributed by atoms with Gasteiger partial charge in [-0.15, -0.1) is 11.3 Å². The van der Waals surface area contributed by atoms with Crippen molar-refractivity contribution >= 4 is 17.2 Å². The van der Waals surface area contributed by atoms with Crippen molar-refractivity contribution in [1.29, 1.82) is 0 Å². The molecule has 100 valence electrons. The maximum absolute atomic E-state index is 12.0. The number of hydrogen-bond acceptors (Lipinski definition) is 2. The summed E-state index contributed by atoms with van der Waals surface area (Å²) in [7, 11) is 0. The van der Waals surface area contributed by atoms with Crippen LogP contribution in [0.3, 0.4) is 0 Å². The van der Waals surface area contributed by atoms with Crippen molar-refractivity contribution in [3.8, 4) is 0 Å². The van der Waals surface area contributed by atoms with Gasteiger partial charge in [-0.2, -0.15) is 0 Å². The predicted octanol–water partition coefficient (Wildman–Crippen LogP) is 3.65. The third-order valence-electron chi connectivity index (χ3n) is 3.96. The van der Waals surface area contributed by atoms with Gasteiger partial charge in [0.1, 0.15) is 0 Å². The topological polar surface area (TPSA) is 29.1 Å². The number of nitrogens with one attached hydrogen (secondary N) is 1. The van der Waals surface area contributed by atoms with Crippen LogP contribution in [0, 0.1) is 11.3 Å². The number of amides is 1. The number of carbonyl (C=O) groups excluding carboxylic acids is 1. The van der Waals surface area contributed by atoms with Crippen molar-refractivity contribution in [1.82, 2.24) is 5.32 Å². The van der Waals surface area contributed by atoms with E-state index in [0.717, 1.165) is 24.3 Å². The zero-order chi connectivity index (χ0) is 13.3. The van der Waals surface area contributed by atoms with Gasteiger partial charge in [-0.05, 0) is 43.1 Å². The molecule has 18 heavy (non-hydrogen) atoms. The monoisotopic (exact) mass is 265 g/mol. The molecule has 0 aliphatic heterocycles. The van der Waals surface area contributed by atoms with Crippen molar-refractivity contribution in [2.24, 2.45) is 11.3 Å². The highest BCUT2D eigenvalue weighted by atomic mass is 32.1. The molecular formula is C15H23NOS. The van der Waals surface area contributed by atoms with Crippen molar-refractivity contribution in [3.05, 3.63) is 21.4 Å². The summed E-state index contributed by atoms with van der Waals surface area (Å²) >= 11 is 1.77. The second-order valence-corrected chi connectivity index (χ2v) is 7.18. The van der Waals surface area contributed by atoms with E-state index in [0.29, 0.717) is 12.0 Å². The van der Waals surface area contributed by atoms with Crippen molar-refractivity contribution in [3.63, 3.8) is 0 Å². The molecule has 0 aromatic carbocycles. The van der Waals surface area contributed by atoms with E-state index in [1.807, 2.05) is 12.3 Å². The highest BCUT2D eigenvalue weighted by molar-refractivity contribution is 7.10. The van der Waals surface area contributed by atoms with E-state index in [9.17, 15) is 4.79 Å². The summed E-state index contributed by atoms with van der Waals surface area (Å²) in [5.41, 5.74) is 2.60. The van der Waals surface area contributed by atoms with E-state index >= 15 is 0 Å². The van der Waals surface area contributed by atoms with Gasteiger partial charge in [0.15, 0.2) is 0 Å². The van der Waals surface area contributed by atoms with Gasteiger partial charge < -0.3 is 5.32 Å². The molecule has 1 aliphatic carbocycles. The number of hydrogen-bond donors (Lipinski definition) is 1. The Balaban J connectivity index is 2.20. The summed E-state index contributed by atoms with van der Waals surface area (Å²) in [6, 6.07) is 0. The second-order valence-electron chi connectivity index (χ2n) is 6.22. The lowest BCUT2D eigenvalue weighted by atomic mass is 9.72. The van der Waals surface area contributed by atoms with Crippen molar-refractivity contribution in [2.45, 2.75) is 47.0 Å². The van der Waals surface area contributed by atoms with Crippen LogP contribution in [0.5, 0.6) is 0 Å². The molecule has 1 heterocycles. The molecule has 0 bridgehead atoms. The molecule has 3 heteroatoms. The predicted molar refractivity (Wildman–Crippen MR) is 77.3 cm³/mol. The summed E-state index contributed by atoms with van der Waals surface area (Å²) in [6.45, 7) is 9.63. The number of thiophene rings is 1. The molecule has 1 aromatic heterocycles. The molecule has 1 amide bonds. The Morgan fingerprint density at radius 1 is 1.50 bits per heavy atom. The van der Waals surface area contributed by atoms with E-state index in [1.54, 1.807) is 11.3 Å². The maximum Gasteiger partial charge on any atom is 0.252 e. The Labute approximate surface area is 114 Å². The third-order valence-corrected chi connectivity index (χ3v) is 5.01. The zero-order valence-electron chi connectivity index (χ0n) is 11.8. The first-order chi connectivity index (χ1) is 8.43. The minimum absolute atomic E-state index is 0.101. The smallest absolute Gasteiger partial charge is 0.252 e. The molecule has 0 spiro atoms. The summed E-state index contributed by atoms with van der Waals surface area (Å²) in [6.07, 6.45) is 3.41. The molecule has 0 saturated heterocycles. The van der Waals surface area contributed by atoms with Crippen LogP contribution in [-0.4, -0.2) is 12.5 Å². The fourth-order valence-corrected chi connectivity index (χ4v) is 3.86. The average molecular weight is 265 g/mol. The van der Waals surface area contributed by atoms with Gasteiger partial charge in [-0.3, -0.25) is 4.79 Å². The summed E-state index contributed by atoms with van der Waals surface area (Å²) in [5, 5.41) is 4.95. The van der Waals surface area contributed by atoms with Gasteiger partial charge in [0, 0.05) is 16.8 Å². The van der Waals surface area contributed by atoms with E-state index in [1.165, 1.54) is 16.9 Å². The minimum Gasteiger partial charge on any atom is -0.352 e. The molecule has 2 rings (SSSR count). The maximum atomic E-state index is 12.0. The second kappa shape index (κ2) is 5.04. The van der Waals surface area contributed by atoms with Crippen LogP contribution < -0.4 is 5.32 Å². The lowest BCUT2D eigenvalue weighted by molar-refractivity contribution is 0.0954. The first-order valence-electron chi connectivity index (χ1n) is 6.81. The van der Waals surface area contributed by atoms with Crippen LogP contribution in [0.15, 0.2) is 5.38 Å². The van der Waals surface area contributed by atoms with Crippen molar-refractivity contribution < 1.29 is 4.79 Å². The van der Waals surface area contributed by atoms with Gasteiger partial charge in [0.2, 0.25) is 0 Å². The number of fused-ring (bicyclic) bond motifs is 1. The van der Waals surface area contributed by atoms with E-state index < -0.39 is 0 Å². The molecule has 1 aliphatic rings. The Kier molecular flexibility index (Phi) is 3.81. The molecule has 0 saturated carbocycles. The lowest BCUT2D eigenvalue weighted by Crippen LogP contribution is -2.28. The summed E-state index contributed by atoms with van der Waals surface area (Å²) in [5.74, 6) is 0.843. The van der Waals surface area contributed by atoms with Gasteiger partial charge in [-0.1, -0.05) is 20.8 Å².